The molecule has 9 heteroatoms. The van der Waals surface area contributed by atoms with Crippen molar-refractivity contribution in [3.8, 4) is 0 Å². The van der Waals surface area contributed by atoms with Crippen molar-refractivity contribution in [2.45, 2.75) is 18.6 Å². The van der Waals surface area contributed by atoms with E-state index in [0.717, 1.165) is 0 Å². The summed E-state index contributed by atoms with van der Waals surface area (Å²) in [6.07, 6.45) is -2.04. The first-order valence-electron chi connectivity index (χ1n) is 6.59. The Morgan fingerprint density at radius 2 is 1.70 bits per heavy atom. The van der Waals surface area contributed by atoms with Crippen LogP contribution in [0.3, 0.4) is 0 Å². The fourth-order valence-corrected chi connectivity index (χ4v) is 3.70. The second-order valence-electron chi connectivity index (χ2n) is 5.01. The van der Waals surface area contributed by atoms with Gasteiger partial charge in [0, 0.05) is 32.6 Å². The molecule has 2 saturated heterocycles. The highest BCUT2D eigenvalue weighted by Crippen LogP contribution is 2.13. The van der Waals surface area contributed by atoms with Gasteiger partial charge < -0.3 is 19.8 Å². The number of aliphatic hydroxyl groups excluding tert-OH is 2. The molecule has 2 N–H and O–H groups in total. The van der Waals surface area contributed by atoms with Crippen LogP contribution in [0.5, 0.6) is 0 Å². The topological polar surface area (TPSA) is 107 Å². The van der Waals surface area contributed by atoms with Crippen molar-refractivity contribution in [3.05, 3.63) is 0 Å². The van der Waals surface area contributed by atoms with Crippen LogP contribution in [0.15, 0.2) is 0 Å². The van der Waals surface area contributed by atoms with E-state index < -0.39 is 22.2 Å². The van der Waals surface area contributed by atoms with Gasteiger partial charge in [0.05, 0.1) is 31.2 Å². The first-order valence-corrected chi connectivity index (χ1v) is 8.20. The summed E-state index contributed by atoms with van der Waals surface area (Å²) in [5.74, 6) is -0.619. The molecule has 0 aromatic heterocycles. The molecule has 116 valence electrons. The van der Waals surface area contributed by atoms with Crippen molar-refractivity contribution < 1.29 is 28.2 Å². The van der Waals surface area contributed by atoms with E-state index in [4.69, 9.17) is 4.74 Å². The number of hydrogen-bond donors (Lipinski definition) is 2. The second kappa shape index (κ2) is 6.35. The summed E-state index contributed by atoms with van der Waals surface area (Å²) in [5.41, 5.74) is 0. The SMILES string of the molecule is O=C(CCS(=O)(=O)N1CCOCC1)N1CC(O)C(O)C1. The molecule has 8 nitrogen and oxygen atoms in total. The molecule has 1 amide bonds. The number of amides is 1. The Bertz CT molecular complexity index is 438. The molecule has 2 atom stereocenters. The first-order chi connectivity index (χ1) is 9.40. The number of rotatable bonds is 4. The molecule has 0 bridgehead atoms. The third-order valence-corrected chi connectivity index (χ3v) is 5.42. The van der Waals surface area contributed by atoms with Gasteiger partial charge in [0.1, 0.15) is 0 Å². The molecule has 0 aromatic carbocycles. The van der Waals surface area contributed by atoms with Gasteiger partial charge in [-0.3, -0.25) is 4.79 Å². The minimum Gasteiger partial charge on any atom is -0.388 e. The van der Waals surface area contributed by atoms with Gasteiger partial charge in [-0.05, 0) is 0 Å². The monoisotopic (exact) mass is 308 g/mol. The summed E-state index contributed by atoms with van der Waals surface area (Å²) in [5, 5.41) is 18.7. The Balaban J connectivity index is 1.83. The summed E-state index contributed by atoms with van der Waals surface area (Å²) < 4.78 is 30.5. The molecule has 2 fully saturated rings. The van der Waals surface area contributed by atoms with E-state index >= 15 is 0 Å². The molecule has 2 unspecified atom stereocenters. The summed E-state index contributed by atoms with van der Waals surface area (Å²) in [7, 11) is -3.45. The van der Waals surface area contributed by atoms with Gasteiger partial charge in [-0.25, -0.2) is 8.42 Å². The first kappa shape index (κ1) is 15.6. The lowest BCUT2D eigenvalue weighted by atomic mass is 10.3. The van der Waals surface area contributed by atoms with E-state index in [1.165, 1.54) is 9.21 Å². The lowest BCUT2D eigenvalue weighted by molar-refractivity contribution is -0.130. The zero-order valence-electron chi connectivity index (χ0n) is 11.1. The Morgan fingerprint density at radius 1 is 1.15 bits per heavy atom. The molecule has 2 aliphatic heterocycles. The van der Waals surface area contributed by atoms with Crippen molar-refractivity contribution in [1.29, 1.82) is 0 Å². The smallest absolute Gasteiger partial charge is 0.223 e. The predicted molar refractivity (Wildman–Crippen MR) is 69.4 cm³/mol. The third kappa shape index (κ3) is 3.67. The van der Waals surface area contributed by atoms with Crippen LogP contribution >= 0.6 is 0 Å². The molecule has 0 aliphatic carbocycles. The Morgan fingerprint density at radius 3 is 2.25 bits per heavy atom. The minimum absolute atomic E-state index is 0.0532. The van der Waals surface area contributed by atoms with Crippen molar-refractivity contribution in [1.82, 2.24) is 9.21 Å². The average Bonchev–Trinajstić information content (AvgIpc) is 2.77. The summed E-state index contributed by atoms with van der Waals surface area (Å²) in [6.45, 7) is 1.49. The number of likely N-dealkylation sites (tertiary alicyclic amines) is 1. The third-order valence-electron chi connectivity index (χ3n) is 3.55. The summed E-state index contributed by atoms with van der Waals surface area (Å²) in [6, 6.07) is 0. The summed E-state index contributed by atoms with van der Waals surface area (Å²) in [4.78, 5) is 13.2. The second-order valence-corrected chi connectivity index (χ2v) is 7.10. The molecule has 0 saturated carbocycles. The van der Waals surface area contributed by atoms with Crippen LogP contribution in [0.4, 0.5) is 0 Å². The van der Waals surface area contributed by atoms with Gasteiger partial charge in [-0.2, -0.15) is 4.31 Å². The van der Waals surface area contributed by atoms with E-state index in [2.05, 4.69) is 0 Å². The summed E-state index contributed by atoms with van der Waals surface area (Å²) >= 11 is 0. The molecule has 2 rings (SSSR count). The maximum absolute atomic E-state index is 12.0. The fraction of sp³-hybridized carbons (Fsp3) is 0.909. The number of hydrogen-bond acceptors (Lipinski definition) is 6. The molecule has 2 aliphatic rings. The number of aliphatic hydroxyl groups is 2. The molecular formula is C11H20N2O6S. The van der Waals surface area contributed by atoms with Crippen molar-refractivity contribution >= 4 is 15.9 Å². The van der Waals surface area contributed by atoms with Crippen LogP contribution < -0.4 is 0 Å². The largest absolute Gasteiger partial charge is 0.388 e. The van der Waals surface area contributed by atoms with Gasteiger partial charge in [0.2, 0.25) is 15.9 Å². The maximum atomic E-state index is 12.0. The molecule has 2 heterocycles. The van der Waals surface area contributed by atoms with E-state index in [9.17, 15) is 23.4 Å². The van der Waals surface area contributed by atoms with Gasteiger partial charge in [0.15, 0.2) is 0 Å². The number of carbonyl (C=O) groups excluding carboxylic acids is 1. The van der Waals surface area contributed by atoms with Crippen LogP contribution in [-0.2, 0) is 19.6 Å². The van der Waals surface area contributed by atoms with Gasteiger partial charge >= 0.3 is 0 Å². The Labute approximate surface area is 118 Å². The predicted octanol–water partition coefficient (Wildman–Crippen LogP) is -2.40. The number of morpholine rings is 1. The standard InChI is InChI=1S/C11H20N2O6S/c14-9-7-12(8-10(9)15)11(16)1-6-20(17,18)13-2-4-19-5-3-13/h9-10,14-15H,1-8H2. The van der Waals surface area contributed by atoms with Crippen molar-refractivity contribution in [3.63, 3.8) is 0 Å². The molecule has 0 spiro atoms. The average molecular weight is 308 g/mol. The van der Waals surface area contributed by atoms with Crippen molar-refractivity contribution in [2.75, 3.05) is 45.1 Å². The molecule has 0 radical (unpaired) electrons. The van der Waals surface area contributed by atoms with Crippen LogP contribution in [-0.4, -0.2) is 91.1 Å². The highest BCUT2D eigenvalue weighted by Gasteiger charge is 2.33. The van der Waals surface area contributed by atoms with Gasteiger partial charge in [0.25, 0.3) is 0 Å². The number of carbonyl (C=O) groups is 1. The van der Waals surface area contributed by atoms with Crippen molar-refractivity contribution in [2.24, 2.45) is 0 Å². The maximum Gasteiger partial charge on any atom is 0.223 e. The zero-order valence-corrected chi connectivity index (χ0v) is 12.0. The van der Waals surface area contributed by atoms with Gasteiger partial charge in [-0.15, -0.1) is 0 Å². The fourth-order valence-electron chi connectivity index (χ4n) is 2.30. The molecule has 0 aromatic rings. The van der Waals surface area contributed by atoms with Gasteiger partial charge in [-0.1, -0.05) is 0 Å². The van der Waals surface area contributed by atoms with E-state index in [0.29, 0.717) is 26.3 Å². The molecular weight excluding hydrogens is 288 g/mol. The minimum atomic E-state index is -3.45. The number of sulfonamides is 1. The van der Waals surface area contributed by atoms with E-state index in [-0.39, 0.29) is 31.2 Å². The van der Waals surface area contributed by atoms with E-state index in [1.807, 2.05) is 0 Å². The normalized spacial score (nSPS) is 28.8. The van der Waals surface area contributed by atoms with E-state index in [1.54, 1.807) is 0 Å². The quantitative estimate of drug-likeness (QED) is 0.600. The molecule has 20 heavy (non-hydrogen) atoms. The Hall–Kier alpha value is -0.740. The number of β-amino-alcohol motifs (C(OH)–C–C–N with tert-alkyl or cyclic N) is 2. The Kier molecular flexibility index (Phi) is 4.97. The van der Waals surface area contributed by atoms with Crippen LogP contribution in [0.25, 0.3) is 0 Å². The number of ether oxygens (including phenoxy) is 1. The van der Waals surface area contributed by atoms with Crippen LogP contribution in [0.2, 0.25) is 0 Å². The lowest BCUT2D eigenvalue weighted by Gasteiger charge is -2.26. The van der Waals surface area contributed by atoms with Crippen LogP contribution in [0.1, 0.15) is 6.42 Å². The highest BCUT2D eigenvalue weighted by molar-refractivity contribution is 7.89. The lowest BCUT2D eigenvalue weighted by Crippen LogP contribution is -2.42. The van der Waals surface area contributed by atoms with Crippen LogP contribution in [0, 0.1) is 0 Å². The number of nitrogens with zero attached hydrogens (tertiary/aromatic N) is 2. The highest BCUT2D eigenvalue weighted by atomic mass is 32.2. The zero-order chi connectivity index (χ0) is 14.8.